The van der Waals surface area contributed by atoms with Crippen LogP contribution in [0.5, 0.6) is 0 Å². The molecule has 0 amide bonds. The molecule has 2 rings (SSSR count). The highest BCUT2D eigenvalue weighted by molar-refractivity contribution is 7.15. The van der Waals surface area contributed by atoms with Crippen LogP contribution in [0.4, 0.5) is 10.8 Å². The Hall–Kier alpha value is -1.30. The minimum absolute atomic E-state index is 0.0423. The van der Waals surface area contributed by atoms with E-state index in [9.17, 15) is 4.79 Å². The van der Waals surface area contributed by atoms with Crippen molar-refractivity contribution in [2.45, 2.75) is 6.92 Å². The lowest BCUT2D eigenvalue weighted by atomic mass is 10.3. The number of aromatic nitrogens is 1. The lowest BCUT2D eigenvalue weighted by Crippen LogP contribution is -1.99. The van der Waals surface area contributed by atoms with Crippen molar-refractivity contribution in [3.8, 4) is 0 Å². The van der Waals surface area contributed by atoms with Crippen molar-refractivity contribution in [1.82, 2.24) is 4.98 Å². The molecule has 0 aliphatic carbocycles. The second-order valence-corrected chi connectivity index (χ2v) is 5.44. The van der Waals surface area contributed by atoms with E-state index >= 15 is 0 Å². The summed E-state index contributed by atoms with van der Waals surface area (Å²) < 4.78 is 0. The highest BCUT2D eigenvalue weighted by Gasteiger charge is 2.15. The van der Waals surface area contributed by atoms with Crippen molar-refractivity contribution >= 4 is 51.3 Å². The standard InChI is InChI=1S/C11H8Cl2N2O2S/c1-5-9(10(16)17)15-11(18-5)14-7-4-2-3-6(12)8(7)13/h2-4H,1H3,(H,14,15)(H,16,17). The molecule has 0 unspecified atom stereocenters. The maximum Gasteiger partial charge on any atom is 0.355 e. The van der Waals surface area contributed by atoms with Gasteiger partial charge in [-0.05, 0) is 19.1 Å². The van der Waals surface area contributed by atoms with Crippen LogP contribution in [-0.4, -0.2) is 16.1 Å². The molecule has 4 nitrogen and oxygen atoms in total. The average Bonchev–Trinajstić information content (AvgIpc) is 2.66. The van der Waals surface area contributed by atoms with Crippen LogP contribution in [-0.2, 0) is 0 Å². The van der Waals surface area contributed by atoms with Crippen molar-refractivity contribution in [2.75, 3.05) is 5.32 Å². The quantitative estimate of drug-likeness (QED) is 0.892. The summed E-state index contributed by atoms with van der Waals surface area (Å²) in [4.78, 5) is 15.5. The van der Waals surface area contributed by atoms with Gasteiger partial charge < -0.3 is 10.4 Å². The number of thiazole rings is 1. The minimum atomic E-state index is -1.05. The summed E-state index contributed by atoms with van der Waals surface area (Å²) >= 11 is 13.1. The third-order valence-electron chi connectivity index (χ3n) is 2.19. The molecule has 0 atom stereocenters. The Kier molecular flexibility index (Phi) is 3.75. The first-order valence-corrected chi connectivity index (χ1v) is 6.48. The molecule has 0 aliphatic rings. The van der Waals surface area contributed by atoms with E-state index < -0.39 is 5.97 Å². The smallest absolute Gasteiger partial charge is 0.355 e. The van der Waals surface area contributed by atoms with Crippen LogP contribution in [0.15, 0.2) is 18.2 Å². The number of aryl methyl sites for hydroxylation is 1. The molecule has 7 heteroatoms. The Morgan fingerprint density at radius 3 is 2.78 bits per heavy atom. The monoisotopic (exact) mass is 302 g/mol. The van der Waals surface area contributed by atoms with Crippen molar-refractivity contribution < 1.29 is 9.90 Å². The Labute approximate surface area is 117 Å². The minimum Gasteiger partial charge on any atom is -0.476 e. The zero-order valence-electron chi connectivity index (χ0n) is 9.20. The van der Waals surface area contributed by atoms with E-state index in [1.807, 2.05) is 0 Å². The summed E-state index contributed by atoms with van der Waals surface area (Å²) in [6.45, 7) is 1.70. The van der Waals surface area contributed by atoms with Crippen molar-refractivity contribution in [2.24, 2.45) is 0 Å². The summed E-state index contributed by atoms with van der Waals surface area (Å²) in [5.74, 6) is -1.05. The lowest BCUT2D eigenvalue weighted by Gasteiger charge is -2.05. The Morgan fingerprint density at radius 2 is 2.17 bits per heavy atom. The molecule has 1 heterocycles. The number of benzene rings is 1. The maximum atomic E-state index is 10.9. The van der Waals surface area contributed by atoms with E-state index in [2.05, 4.69) is 10.3 Å². The number of nitrogens with zero attached hydrogens (tertiary/aromatic N) is 1. The van der Waals surface area contributed by atoms with Gasteiger partial charge in [-0.15, -0.1) is 11.3 Å². The van der Waals surface area contributed by atoms with Crippen LogP contribution in [0, 0.1) is 6.92 Å². The molecule has 0 radical (unpaired) electrons. The van der Waals surface area contributed by atoms with Crippen LogP contribution in [0.25, 0.3) is 0 Å². The topological polar surface area (TPSA) is 62.2 Å². The van der Waals surface area contributed by atoms with Crippen LogP contribution in [0.1, 0.15) is 15.4 Å². The number of carboxylic acid groups (broad SMARTS) is 1. The molecular weight excluding hydrogens is 295 g/mol. The molecule has 0 fully saturated rings. The van der Waals surface area contributed by atoms with Gasteiger partial charge in [-0.1, -0.05) is 29.3 Å². The van der Waals surface area contributed by atoms with E-state index in [-0.39, 0.29) is 5.69 Å². The fraction of sp³-hybridized carbons (Fsp3) is 0.0909. The first-order chi connectivity index (χ1) is 8.49. The number of aromatic carboxylic acids is 1. The summed E-state index contributed by atoms with van der Waals surface area (Å²) in [7, 11) is 0. The third kappa shape index (κ3) is 2.58. The first kappa shape index (κ1) is 13.1. The molecule has 0 bridgehead atoms. The molecule has 94 valence electrons. The lowest BCUT2D eigenvalue weighted by molar-refractivity contribution is 0.0690. The van der Waals surface area contributed by atoms with Gasteiger partial charge in [0.25, 0.3) is 0 Å². The van der Waals surface area contributed by atoms with Gasteiger partial charge in [-0.3, -0.25) is 0 Å². The number of hydrogen-bond donors (Lipinski definition) is 2. The first-order valence-electron chi connectivity index (χ1n) is 4.91. The molecule has 0 saturated carbocycles. The Balaban J connectivity index is 2.32. The highest BCUT2D eigenvalue weighted by Crippen LogP contribution is 2.33. The SMILES string of the molecule is Cc1sc(Nc2cccc(Cl)c2Cl)nc1C(=O)O. The highest BCUT2D eigenvalue weighted by atomic mass is 35.5. The second kappa shape index (κ2) is 5.14. The summed E-state index contributed by atoms with van der Waals surface area (Å²) in [6, 6.07) is 5.16. The number of anilines is 2. The van der Waals surface area contributed by atoms with Gasteiger partial charge in [0.1, 0.15) is 0 Å². The van der Waals surface area contributed by atoms with Gasteiger partial charge in [0, 0.05) is 4.88 Å². The fourth-order valence-corrected chi connectivity index (χ4v) is 2.53. The summed E-state index contributed by atoms with van der Waals surface area (Å²) in [5, 5.41) is 13.1. The molecular formula is C11H8Cl2N2O2S. The van der Waals surface area contributed by atoms with Gasteiger partial charge >= 0.3 is 5.97 Å². The van der Waals surface area contributed by atoms with Crippen molar-refractivity contribution in [1.29, 1.82) is 0 Å². The summed E-state index contributed by atoms with van der Waals surface area (Å²) in [5.41, 5.74) is 0.635. The van der Waals surface area contributed by atoms with Crippen LogP contribution in [0.3, 0.4) is 0 Å². The number of halogens is 2. The number of carboxylic acids is 1. The van der Waals surface area contributed by atoms with E-state index in [0.717, 1.165) is 0 Å². The van der Waals surface area contributed by atoms with Crippen molar-refractivity contribution in [3.05, 3.63) is 38.8 Å². The zero-order chi connectivity index (χ0) is 13.3. The molecule has 1 aromatic heterocycles. The average molecular weight is 303 g/mol. The Morgan fingerprint density at radius 1 is 1.44 bits per heavy atom. The predicted octanol–water partition coefficient (Wildman–Crippen LogP) is 4.20. The van der Waals surface area contributed by atoms with E-state index in [0.29, 0.717) is 25.7 Å². The van der Waals surface area contributed by atoms with Crippen molar-refractivity contribution in [3.63, 3.8) is 0 Å². The molecule has 1 aromatic carbocycles. The molecule has 18 heavy (non-hydrogen) atoms. The zero-order valence-corrected chi connectivity index (χ0v) is 11.5. The van der Waals surface area contributed by atoms with Gasteiger partial charge in [-0.2, -0.15) is 0 Å². The molecule has 0 saturated heterocycles. The second-order valence-electron chi connectivity index (χ2n) is 3.46. The predicted molar refractivity (Wildman–Crippen MR) is 73.6 cm³/mol. The molecule has 2 aromatic rings. The normalized spacial score (nSPS) is 10.4. The van der Waals surface area contributed by atoms with E-state index in [1.54, 1.807) is 25.1 Å². The number of hydrogen-bond acceptors (Lipinski definition) is 4. The Bertz CT molecular complexity index is 613. The van der Waals surface area contributed by atoms with Gasteiger partial charge in [0.05, 0.1) is 15.7 Å². The number of nitrogens with one attached hydrogen (secondary N) is 1. The number of rotatable bonds is 3. The number of carbonyl (C=O) groups is 1. The summed E-state index contributed by atoms with van der Waals surface area (Å²) in [6.07, 6.45) is 0. The molecule has 0 spiro atoms. The van der Waals surface area contributed by atoms with Crippen LogP contribution >= 0.6 is 34.5 Å². The van der Waals surface area contributed by atoms with E-state index in [4.69, 9.17) is 28.3 Å². The van der Waals surface area contributed by atoms with Crippen LogP contribution < -0.4 is 5.32 Å². The maximum absolute atomic E-state index is 10.9. The third-order valence-corrected chi connectivity index (χ3v) is 3.90. The van der Waals surface area contributed by atoms with Gasteiger partial charge in [-0.25, -0.2) is 9.78 Å². The molecule has 0 aliphatic heterocycles. The van der Waals surface area contributed by atoms with Gasteiger partial charge in [0.2, 0.25) is 0 Å². The van der Waals surface area contributed by atoms with E-state index in [1.165, 1.54) is 11.3 Å². The van der Waals surface area contributed by atoms with Gasteiger partial charge in [0.15, 0.2) is 10.8 Å². The van der Waals surface area contributed by atoms with Crippen LogP contribution in [0.2, 0.25) is 10.0 Å². The largest absolute Gasteiger partial charge is 0.476 e. The molecule has 2 N–H and O–H groups in total. The fourth-order valence-electron chi connectivity index (χ4n) is 1.36.